The number of hydrogen-bond donors (Lipinski definition) is 1. The Bertz CT molecular complexity index is 634. The lowest BCUT2D eigenvalue weighted by Crippen LogP contribution is -2.46. The van der Waals surface area contributed by atoms with Crippen molar-refractivity contribution in [3.63, 3.8) is 0 Å². The lowest BCUT2D eigenvalue weighted by molar-refractivity contribution is -0.137. The number of carboxylic acid groups (broad SMARTS) is 1. The van der Waals surface area contributed by atoms with Crippen LogP contribution in [-0.4, -0.2) is 60.7 Å². The first-order valence-electron chi connectivity index (χ1n) is 7.52. The molecule has 0 aromatic heterocycles. The van der Waals surface area contributed by atoms with E-state index in [0.29, 0.717) is 11.3 Å². The predicted octanol–water partition coefficient (Wildman–Crippen LogP) is 1.43. The molecule has 1 unspecified atom stereocenters. The van der Waals surface area contributed by atoms with Gasteiger partial charge in [0.25, 0.3) is 0 Å². The Labute approximate surface area is 129 Å². The van der Waals surface area contributed by atoms with Crippen molar-refractivity contribution in [3.8, 4) is 0 Å². The van der Waals surface area contributed by atoms with Gasteiger partial charge in [-0.3, -0.25) is 14.6 Å². The molecule has 1 saturated heterocycles. The SMILES string of the molecule is CCN1CCN(c2ccc3c(c2)N=CC(C(=O)O)C3=O)CC1. The summed E-state index contributed by atoms with van der Waals surface area (Å²) in [6, 6.07) is 5.47. The maximum Gasteiger partial charge on any atom is 0.319 e. The minimum atomic E-state index is -1.16. The van der Waals surface area contributed by atoms with Crippen molar-refractivity contribution in [1.29, 1.82) is 0 Å². The van der Waals surface area contributed by atoms with Crippen LogP contribution in [0.1, 0.15) is 17.3 Å². The molecule has 2 aliphatic rings. The molecule has 22 heavy (non-hydrogen) atoms. The number of carbonyl (C=O) groups is 2. The standard InChI is InChI=1S/C16H19N3O3/c1-2-18-5-7-19(8-6-18)11-3-4-12-14(9-11)17-10-13(15(12)20)16(21)22/h3-4,9-10,13H,2,5-8H2,1H3,(H,21,22). The number of carboxylic acids is 1. The Hall–Kier alpha value is -2.21. The zero-order valence-corrected chi connectivity index (χ0v) is 12.5. The van der Waals surface area contributed by atoms with Gasteiger partial charge in [0.2, 0.25) is 0 Å². The van der Waals surface area contributed by atoms with Crippen molar-refractivity contribution in [1.82, 2.24) is 4.90 Å². The van der Waals surface area contributed by atoms with E-state index in [1.54, 1.807) is 6.07 Å². The van der Waals surface area contributed by atoms with Gasteiger partial charge < -0.3 is 14.9 Å². The fourth-order valence-electron chi connectivity index (χ4n) is 2.92. The van der Waals surface area contributed by atoms with Gasteiger partial charge in [-0.2, -0.15) is 0 Å². The van der Waals surface area contributed by atoms with E-state index in [4.69, 9.17) is 5.11 Å². The van der Waals surface area contributed by atoms with Gasteiger partial charge in [0.05, 0.1) is 5.69 Å². The summed E-state index contributed by atoms with van der Waals surface area (Å²) in [7, 11) is 0. The first-order chi connectivity index (χ1) is 10.6. The lowest BCUT2D eigenvalue weighted by atomic mass is 9.94. The molecule has 116 valence electrons. The zero-order chi connectivity index (χ0) is 15.7. The van der Waals surface area contributed by atoms with Crippen LogP contribution in [0.15, 0.2) is 23.2 Å². The highest BCUT2D eigenvalue weighted by Crippen LogP contribution is 2.31. The molecule has 2 heterocycles. The number of hydrogen-bond acceptors (Lipinski definition) is 5. The van der Waals surface area contributed by atoms with Crippen molar-refractivity contribution >= 4 is 29.3 Å². The molecule has 3 rings (SSSR count). The molecule has 6 heteroatoms. The number of piperazine rings is 1. The van der Waals surface area contributed by atoms with Gasteiger partial charge in [0.1, 0.15) is 0 Å². The lowest BCUT2D eigenvalue weighted by Gasteiger charge is -2.35. The highest BCUT2D eigenvalue weighted by molar-refractivity contribution is 6.22. The number of ketones is 1. The Morgan fingerprint density at radius 3 is 2.68 bits per heavy atom. The first-order valence-corrected chi connectivity index (χ1v) is 7.52. The molecule has 1 fully saturated rings. The summed E-state index contributed by atoms with van der Waals surface area (Å²) >= 11 is 0. The van der Waals surface area contributed by atoms with Crippen LogP contribution in [0.3, 0.4) is 0 Å². The van der Waals surface area contributed by atoms with Crippen molar-refractivity contribution in [2.75, 3.05) is 37.6 Å². The average molecular weight is 301 g/mol. The fraction of sp³-hybridized carbons (Fsp3) is 0.438. The van der Waals surface area contributed by atoms with Crippen molar-refractivity contribution in [2.45, 2.75) is 6.92 Å². The molecule has 0 amide bonds. The van der Waals surface area contributed by atoms with Crippen LogP contribution in [0.4, 0.5) is 11.4 Å². The van der Waals surface area contributed by atoms with Crippen LogP contribution in [0.2, 0.25) is 0 Å². The number of rotatable bonds is 3. The molecule has 6 nitrogen and oxygen atoms in total. The molecule has 0 bridgehead atoms. The van der Waals surface area contributed by atoms with Gasteiger partial charge in [0, 0.05) is 43.6 Å². The highest BCUT2D eigenvalue weighted by Gasteiger charge is 2.30. The summed E-state index contributed by atoms with van der Waals surface area (Å²) in [6.45, 7) is 7.17. The maximum atomic E-state index is 12.1. The average Bonchev–Trinajstić information content (AvgIpc) is 2.54. The van der Waals surface area contributed by atoms with Crippen LogP contribution in [0, 0.1) is 5.92 Å². The number of nitrogens with zero attached hydrogens (tertiary/aromatic N) is 3. The van der Waals surface area contributed by atoms with E-state index in [9.17, 15) is 9.59 Å². The molecule has 1 atom stereocenters. The molecule has 0 aliphatic carbocycles. The molecule has 0 radical (unpaired) electrons. The Morgan fingerprint density at radius 2 is 2.05 bits per heavy atom. The topological polar surface area (TPSA) is 73.2 Å². The van der Waals surface area contributed by atoms with Gasteiger partial charge in [-0.15, -0.1) is 0 Å². The normalized spacial score (nSPS) is 21.8. The summed E-state index contributed by atoms with van der Waals surface area (Å²) in [5, 5.41) is 9.02. The van der Waals surface area contributed by atoms with Crippen LogP contribution in [0.25, 0.3) is 0 Å². The van der Waals surface area contributed by atoms with Gasteiger partial charge in [-0.1, -0.05) is 6.92 Å². The second-order valence-electron chi connectivity index (χ2n) is 5.58. The summed E-state index contributed by atoms with van der Waals surface area (Å²) in [5.41, 5.74) is 2.00. The molecular formula is C16H19N3O3. The van der Waals surface area contributed by atoms with E-state index >= 15 is 0 Å². The van der Waals surface area contributed by atoms with Gasteiger partial charge in [0.15, 0.2) is 11.7 Å². The van der Waals surface area contributed by atoms with E-state index in [0.717, 1.165) is 38.4 Å². The molecular weight excluding hydrogens is 282 g/mol. The molecule has 0 spiro atoms. The predicted molar refractivity (Wildman–Crippen MR) is 84.4 cm³/mol. The third-order valence-electron chi connectivity index (χ3n) is 4.34. The number of aliphatic imine (C=N–C) groups is 1. The van der Waals surface area contributed by atoms with E-state index in [1.807, 2.05) is 12.1 Å². The number of likely N-dealkylation sites (N-methyl/N-ethyl adjacent to an activating group) is 1. The summed E-state index contributed by atoms with van der Waals surface area (Å²) in [6.07, 6.45) is 1.23. The molecule has 1 aromatic carbocycles. The molecule has 2 aliphatic heterocycles. The molecule has 1 aromatic rings. The van der Waals surface area contributed by atoms with Crippen molar-refractivity contribution in [3.05, 3.63) is 23.8 Å². The van der Waals surface area contributed by atoms with Gasteiger partial charge in [-0.05, 0) is 24.7 Å². The largest absolute Gasteiger partial charge is 0.480 e. The number of aliphatic carboxylic acids is 1. The van der Waals surface area contributed by atoms with Crippen LogP contribution in [0.5, 0.6) is 0 Å². The van der Waals surface area contributed by atoms with Crippen LogP contribution in [-0.2, 0) is 4.79 Å². The van der Waals surface area contributed by atoms with E-state index in [2.05, 4.69) is 21.7 Å². The van der Waals surface area contributed by atoms with Gasteiger partial charge in [-0.25, -0.2) is 0 Å². The maximum absolute atomic E-state index is 12.1. The Balaban J connectivity index is 1.81. The minimum absolute atomic E-state index is 0.389. The first kappa shape index (κ1) is 14.7. The summed E-state index contributed by atoms with van der Waals surface area (Å²) < 4.78 is 0. The van der Waals surface area contributed by atoms with E-state index < -0.39 is 11.9 Å². The Kier molecular flexibility index (Phi) is 3.94. The smallest absolute Gasteiger partial charge is 0.319 e. The second kappa shape index (κ2) is 5.88. The van der Waals surface area contributed by atoms with Gasteiger partial charge >= 0.3 is 5.97 Å². The van der Waals surface area contributed by atoms with E-state index in [1.165, 1.54) is 6.21 Å². The molecule has 1 N–H and O–H groups in total. The van der Waals surface area contributed by atoms with Crippen LogP contribution < -0.4 is 4.90 Å². The zero-order valence-electron chi connectivity index (χ0n) is 12.5. The summed E-state index contributed by atoms with van der Waals surface area (Å²) in [4.78, 5) is 32.0. The minimum Gasteiger partial charge on any atom is -0.480 e. The van der Waals surface area contributed by atoms with Crippen molar-refractivity contribution in [2.24, 2.45) is 10.9 Å². The number of fused-ring (bicyclic) bond motifs is 1. The number of Topliss-reactive ketones (excluding diaryl/α,β-unsaturated/α-hetero) is 1. The quantitative estimate of drug-likeness (QED) is 0.855. The number of benzene rings is 1. The Morgan fingerprint density at radius 1 is 1.32 bits per heavy atom. The second-order valence-corrected chi connectivity index (χ2v) is 5.58. The van der Waals surface area contributed by atoms with E-state index in [-0.39, 0.29) is 5.78 Å². The third kappa shape index (κ3) is 2.62. The fourth-order valence-corrected chi connectivity index (χ4v) is 2.92. The summed E-state index contributed by atoms with van der Waals surface area (Å²) in [5.74, 6) is -2.70. The number of anilines is 1. The molecule has 0 saturated carbocycles. The monoisotopic (exact) mass is 301 g/mol. The van der Waals surface area contributed by atoms with Crippen LogP contribution >= 0.6 is 0 Å². The highest BCUT2D eigenvalue weighted by atomic mass is 16.4. The number of carbonyl (C=O) groups excluding carboxylic acids is 1. The third-order valence-corrected chi connectivity index (χ3v) is 4.34. The van der Waals surface area contributed by atoms with Crippen molar-refractivity contribution < 1.29 is 14.7 Å².